The average Bonchev–Trinajstić information content (AvgIpc) is 2.87. The summed E-state index contributed by atoms with van der Waals surface area (Å²) in [6, 6.07) is 23.8. The summed E-state index contributed by atoms with van der Waals surface area (Å²) >= 11 is 0. The first kappa shape index (κ1) is 24.2. The highest BCUT2D eigenvalue weighted by atomic mass is 32.2. The summed E-state index contributed by atoms with van der Waals surface area (Å²) in [5.41, 5.74) is 1.14. The van der Waals surface area contributed by atoms with Crippen molar-refractivity contribution in [2.24, 2.45) is 5.92 Å². The number of rotatable bonds is 10. The lowest BCUT2D eigenvalue weighted by molar-refractivity contribution is -0.126. The molecule has 1 atom stereocenters. The summed E-state index contributed by atoms with van der Waals surface area (Å²) in [6.07, 6.45) is 2.70. The fourth-order valence-corrected chi connectivity index (χ4v) is 6.02. The van der Waals surface area contributed by atoms with Crippen LogP contribution in [0.3, 0.4) is 0 Å². The van der Waals surface area contributed by atoms with Crippen molar-refractivity contribution < 1.29 is 17.9 Å². The molecule has 4 rings (SSSR count). The zero-order valence-corrected chi connectivity index (χ0v) is 20.2. The molecule has 1 aliphatic heterocycles. The van der Waals surface area contributed by atoms with Crippen LogP contribution in [0.25, 0.3) is 10.8 Å². The number of sulfonamides is 1. The summed E-state index contributed by atoms with van der Waals surface area (Å²) in [7, 11) is -3.37. The maximum absolute atomic E-state index is 12.8. The van der Waals surface area contributed by atoms with E-state index in [2.05, 4.69) is 5.32 Å². The molecular weight excluding hydrogens is 448 g/mol. The van der Waals surface area contributed by atoms with Crippen molar-refractivity contribution in [3.63, 3.8) is 0 Å². The van der Waals surface area contributed by atoms with Crippen LogP contribution >= 0.6 is 0 Å². The number of aryl methyl sites for hydroxylation is 1. The fourth-order valence-electron chi connectivity index (χ4n) is 4.44. The number of hydrogen-bond acceptors (Lipinski definition) is 4. The van der Waals surface area contributed by atoms with Crippen molar-refractivity contribution in [3.05, 3.63) is 78.4 Å². The number of hydrogen-bond donors (Lipinski definition) is 1. The van der Waals surface area contributed by atoms with Gasteiger partial charge in [0.1, 0.15) is 12.4 Å². The molecule has 1 unspecified atom stereocenters. The molecule has 3 aromatic carbocycles. The van der Waals surface area contributed by atoms with Crippen LogP contribution in [-0.4, -0.2) is 50.6 Å². The molecule has 7 heteroatoms. The zero-order valence-electron chi connectivity index (χ0n) is 19.4. The summed E-state index contributed by atoms with van der Waals surface area (Å²) in [5, 5.41) is 5.07. The Morgan fingerprint density at radius 1 is 1.00 bits per heavy atom. The molecule has 0 spiro atoms. The van der Waals surface area contributed by atoms with Crippen LogP contribution in [0.5, 0.6) is 5.75 Å². The zero-order chi connectivity index (χ0) is 23.8. The number of fused-ring (bicyclic) bond motifs is 1. The Morgan fingerprint density at radius 2 is 1.76 bits per heavy atom. The molecule has 0 bridgehead atoms. The Hall–Kier alpha value is -2.90. The van der Waals surface area contributed by atoms with Crippen molar-refractivity contribution in [1.29, 1.82) is 0 Å². The molecule has 180 valence electrons. The summed E-state index contributed by atoms with van der Waals surface area (Å²) in [5.74, 6) is 0.466. The highest BCUT2D eigenvalue weighted by Crippen LogP contribution is 2.25. The summed E-state index contributed by atoms with van der Waals surface area (Å²) in [4.78, 5) is 12.7. The number of amides is 1. The van der Waals surface area contributed by atoms with Crippen LogP contribution in [0, 0.1) is 5.92 Å². The van der Waals surface area contributed by atoms with Gasteiger partial charge in [-0.2, -0.15) is 0 Å². The van der Waals surface area contributed by atoms with Crippen LogP contribution in [0.2, 0.25) is 0 Å². The lowest BCUT2D eigenvalue weighted by Gasteiger charge is -2.31. The number of piperidine rings is 1. The van der Waals surface area contributed by atoms with Crippen LogP contribution in [-0.2, 0) is 21.2 Å². The molecule has 0 aliphatic carbocycles. The van der Waals surface area contributed by atoms with Crippen molar-refractivity contribution in [2.45, 2.75) is 25.7 Å². The Labute approximate surface area is 202 Å². The lowest BCUT2D eigenvalue weighted by Crippen LogP contribution is -2.46. The third kappa shape index (κ3) is 6.36. The van der Waals surface area contributed by atoms with Gasteiger partial charge in [0, 0.05) is 18.5 Å². The molecule has 0 radical (unpaired) electrons. The van der Waals surface area contributed by atoms with Gasteiger partial charge in [-0.15, -0.1) is 0 Å². The van der Waals surface area contributed by atoms with E-state index in [4.69, 9.17) is 4.74 Å². The number of benzene rings is 3. The Balaban J connectivity index is 1.22. The van der Waals surface area contributed by atoms with Gasteiger partial charge in [0.05, 0.1) is 18.2 Å². The number of carbonyl (C=O) groups excluding carboxylic acids is 1. The van der Waals surface area contributed by atoms with Gasteiger partial charge in [0.2, 0.25) is 15.9 Å². The second-order valence-corrected chi connectivity index (χ2v) is 10.8. The van der Waals surface area contributed by atoms with E-state index in [-0.39, 0.29) is 24.1 Å². The predicted molar refractivity (Wildman–Crippen MR) is 135 cm³/mol. The molecule has 1 fully saturated rings. The van der Waals surface area contributed by atoms with E-state index in [1.54, 1.807) is 0 Å². The Morgan fingerprint density at radius 3 is 2.62 bits per heavy atom. The third-order valence-corrected chi connectivity index (χ3v) is 8.19. The Kier molecular flexibility index (Phi) is 8.19. The largest absolute Gasteiger partial charge is 0.491 e. The minimum absolute atomic E-state index is 0.106. The van der Waals surface area contributed by atoms with Gasteiger partial charge in [-0.05, 0) is 42.7 Å². The fraction of sp³-hybridized carbons (Fsp3) is 0.370. The van der Waals surface area contributed by atoms with Gasteiger partial charge < -0.3 is 10.1 Å². The van der Waals surface area contributed by atoms with E-state index in [0.29, 0.717) is 39.0 Å². The Bertz CT molecular complexity index is 1190. The van der Waals surface area contributed by atoms with Crippen molar-refractivity contribution in [3.8, 4) is 5.75 Å². The molecule has 1 heterocycles. The normalized spacial score (nSPS) is 16.9. The molecule has 1 aliphatic rings. The van der Waals surface area contributed by atoms with Gasteiger partial charge >= 0.3 is 0 Å². The molecular formula is C27H32N2O4S. The van der Waals surface area contributed by atoms with Crippen LogP contribution in [0.4, 0.5) is 0 Å². The van der Waals surface area contributed by atoms with Crippen molar-refractivity contribution >= 4 is 26.7 Å². The van der Waals surface area contributed by atoms with Gasteiger partial charge in [-0.25, -0.2) is 12.7 Å². The maximum Gasteiger partial charge on any atom is 0.224 e. The minimum atomic E-state index is -3.37. The first-order valence-corrected chi connectivity index (χ1v) is 13.5. The van der Waals surface area contributed by atoms with Crippen molar-refractivity contribution in [2.75, 3.05) is 32.0 Å². The quantitative estimate of drug-likeness (QED) is 0.445. The van der Waals surface area contributed by atoms with E-state index >= 15 is 0 Å². The van der Waals surface area contributed by atoms with E-state index < -0.39 is 10.0 Å². The average molecular weight is 481 g/mol. The SMILES string of the molecule is O=C(NCCOc1cccc2ccccc12)C1CCCN(S(=O)(=O)CCCc2ccccc2)C1. The molecule has 0 aromatic heterocycles. The molecule has 3 aromatic rings. The van der Waals surface area contributed by atoms with Crippen LogP contribution in [0.1, 0.15) is 24.8 Å². The molecule has 1 saturated heterocycles. The summed E-state index contributed by atoms with van der Waals surface area (Å²) < 4.78 is 33.1. The van der Waals surface area contributed by atoms with Gasteiger partial charge in [0.15, 0.2) is 0 Å². The number of ether oxygens (including phenoxy) is 1. The van der Waals surface area contributed by atoms with Crippen molar-refractivity contribution in [1.82, 2.24) is 9.62 Å². The molecule has 1 amide bonds. The molecule has 34 heavy (non-hydrogen) atoms. The van der Waals surface area contributed by atoms with Gasteiger partial charge in [-0.1, -0.05) is 66.7 Å². The van der Waals surface area contributed by atoms with E-state index in [1.807, 2.05) is 72.8 Å². The van der Waals surface area contributed by atoms with Crippen LogP contribution < -0.4 is 10.1 Å². The molecule has 1 N–H and O–H groups in total. The van der Waals surface area contributed by atoms with E-state index in [0.717, 1.165) is 28.5 Å². The highest BCUT2D eigenvalue weighted by molar-refractivity contribution is 7.89. The van der Waals surface area contributed by atoms with E-state index in [9.17, 15) is 13.2 Å². The predicted octanol–water partition coefficient (Wildman–Crippen LogP) is 4.01. The number of nitrogens with one attached hydrogen (secondary N) is 1. The summed E-state index contributed by atoms with van der Waals surface area (Å²) in [6.45, 7) is 1.47. The molecule has 6 nitrogen and oxygen atoms in total. The second-order valence-electron chi connectivity index (χ2n) is 8.72. The number of nitrogens with zero attached hydrogens (tertiary/aromatic N) is 1. The topological polar surface area (TPSA) is 75.7 Å². The first-order chi connectivity index (χ1) is 16.5. The van der Waals surface area contributed by atoms with Gasteiger partial charge in [-0.3, -0.25) is 4.79 Å². The monoisotopic (exact) mass is 480 g/mol. The highest BCUT2D eigenvalue weighted by Gasteiger charge is 2.31. The van der Waals surface area contributed by atoms with Crippen LogP contribution in [0.15, 0.2) is 72.8 Å². The first-order valence-electron chi connectivity index (χ1n) is 11.9. The molecule has 0 saturated carbocycles. The second kappa shape index (κ2) is 11.5. The standard InChI is InChI=1S/C27H32N2O4S/c30-27(28-17-19-33-26-16-6-13-23-12-4-5-15-25(23)26)24-14-7-18-29(21-24)34(31,32)20-8-11-22-9-2-1-3-10-22/h1-6,9-10,12-13,15-16,24H,7-8,11,14,17-21H2,(H,28,30). The third-order valence-electron chi connectivity index (χ3n) is 6.27. The maximum atomic E-state index is 12.8. The number of carbonyl (C=O) groups is 1. The van der Waals surface area contributed by atoms with Gasteiger partial charge in [0.25, 0.3) is 0 Å². The minimum Gasteiger partial charge on any atom is -0.491 e. The van der Waals surface area contributed by atoms with E-state index in [1.165, 1.54) is 4.31 Å². The lowest BCUT2D eigenvalue weighted by atomic mass is 9.99. The smallest absolute Gasteiger partial charge is 0.224 e.